The van der Waals surface area contributed by atoms with Gasteiger partial charge in [0.05, 0.1) is 5.75 Å². The number of halogens is 2. The van der Waals surface area contributed by atoms with Crippen molar-refractivity contribution in [1.29, 1.82) is 0 Å². The van der Waals surface area contributed by atoms with Gasteiger partial charge in [0.15, 0.2) is 9.84 Å². The second-order valence-electron chi connectivity index (χ2n) is 5.28. The van der Waals surface area contributed by atoms with Crippen molar-refractivity contribution in [3.63, 3.8) is 0 Å². The zero-order valence-electron chi connectivity index (χ0n) is 12.1. The van der Waals surface area contributed by atoms with E-state index < -0.39 is 15.6 Å². The monoisotopic (exact) mass is 410 g/mol. The summed E-state index contributed by atoms with van der Waals surface area (Å²) < 4.78 is 25.2. The van der Waals surface area contributed by atoms with E-state index in [1.807, 2.05) is 0 Å². The summed E-state index contributed by atoms with van der Waals surface area (Å²) in [5, 5.41) is 0. The first-order chi connectivity index (χ1) is 9.91. The van der Waals surface area contributed by atoms with Gasteiger partial charge in [0.1, 0.15) is 5.75 Å². The largest absolute Gasteiger partial charge is 0.338 e. The number of hydrogen-bond donors (Lipinski definition) is 1. The molecule has 8 heteroatoms. The first-order valence-electron chi connectivity index (χ1n) is 6.86. The van der Waals surface area contributed by atoms with Gasteiger partial charge in [0.2, 0.25) is 5.91 Å². The van der Waals surface area contributed by atoms with Gasteiger partial charge in [-0.15, -0.1) is 12.4 Å². The van der Waals surface area contributed by atoms with Crippen LogP contribution in [0, 0.1) is 0 Å². The zero-order valence-corrected chi connectivity index (χ0v) is 15.3. The number of rotatable bonds is 5. The molecule has 5 nitrogen and oxygen atoms in total. The smallest absolute Gasteiger partial charge is 0.238 e. The van der Waals surface area contributed by atoms with E-state index in [0.29, 0.717) is 18.7 Å². The quantitative estimate of drug-likeness (QED) is 0.800. The lowest BCUT2D eigenvalue weighted by Gasteiger charge is -2.23. The molecule has 124 valence electrons. The minimum Gasteiger partial charge on any atom is -0.338 e. The standard InChI is InChI=1S/C14H19BrN2O3S.ClH/c15-12-5-3-11(4-6-12)9-21(19,20)10-14(18)17-7-1-2-13(17)8-16;/h3-6,13H,1-2,7-10,16H2;1H. The first kappa shape index (κ1) is 19.4. The zero-order chi connectivity index (χ0) is 15.5. The Hall–Kier alpha value is -0.630. The summed E-state index contributed by atoms with van der Waals surface area (Å²) in [5.74, 6) is -0.896. The Balaban J connectivity index is 0.00000242. The molecule has 0 spiro atoms. The van der Waals surface area contributed by atoms with Crippen molar-refractivity contribution in [3.8, 4) is 0 Å². The van der Waals surface area contributed by atoms with Crippen LogP contribution in [0.1, 0.15) is 18.4 Å². The van der Waals surface area contributed by atoms with Crippen molar-refractivity contribution in [3.05, 3.63) is 34.3 Å². The van der Waals surface area contributed by atoms with Gasteiger partial charge in [0.25, 0.3) is 0 Å². The van der Waals surface area contributed by atoms with E-state index in [9.17, 15) is 13.2 Å². The Morgan fingerprint density at radius 2 is 1.95 bits per heavy atom. The molecule has 1 amide bonds. The summed E-state index contributed by atoms with van der Waals surface area (Å²) in [6.45, 7) is 0.993. The molecule has 1 aromatic carbocycles. The molecule has 0 radical (unpaired) electrons. The van der Waals surface area contributed by atoms with Crippen LogP contribution in [0.4, 0.5) is 0 Å². The molecule has 0 aromatic heterocycles. The maximum Gasteiger partial charge on any atom is 0.238 e. The van der Waals surface area contributed by atoms with Gasteiger partial charge in [-0.3, -0.25) is 4.79 Å². The predicted molar refractivity (Wildman–Crippen MR) is 92.7 cm³/mol. The van der Waals surface area contributed by atoms with E-state index in [4.69, 9.17) is 5.73 Å². The maximum atomic E-state index is 12.2. The van der Waals surface area contributed by atoms with E-state index in [0.717, 1.165) is 17.3 Å². The van der Waals surface area contributed by atoms with Crippen LogP contribution in [0.2, 0.25) is 0 Å². The summed E-state index contributed by atoms with van der Waals surface area (Å²) in [5.41, 5.74) is 6.30. The number of sulfone groups is 1. The molecule has 2 N–H and O–H groups in total. The summed E-state index contributed by atoms with van der Waals surface area (Å²) in [4.78, 5) is 13.8. The van der Waals surface area contributed by atoms with Crippen LogP contribution in [-0.4, -0.2) is 44.1 Å². The van der Waals surface area contributed by atoms with Crippen LogP contribution < -0.4 is 5.73 Å². The lowest BCUT2D eigenvalue weighted by Crippen LogP contribution is -2.42. The lowest BCUT2D eigenvalue weighted by molar-refractivity contribution is -0.129. The van der Waals surface area contributed by atoms with Crippen molar-refractivity contribution < 1.29 is 13.2 Å². The van der Waals surface area contributed by atoms with Crippen LogP contribution in [0.15, 0.2) is 28.7 Å². The number of carbonyl (C=O) groups is 1. The summed E-state index contributed by atoms with van der Waals surface area (Å²) in [7, 11) is -3.46. The summed E-state index contributed by atoms with van der Waals surface area (Å²) in [6.07, 6.45) is 1.75. The Kier molecular flexibility index (Phi) is 7.31. The topological polar surface area (TPSA) is 80.5 Å². The molecular formula is C14H20BrClN2O3S. The Morgan fingerprint density at radius 1 is 1.32 bits per heavy atom. The molecule has 0 bridgehead atoms. The van der Waals surface area contributed by atoms with E-state index in [1.54, 1.807) is 29.2 Å². The Morgan fingerprint density at radius 3 is 2.55 bits per heavy atom. The number of hydrogen-bond acceptors (Lipinski definition) is 4. The van der Waals surface area contributed by atoms with Crippen LogP contribution in [-0.2, 0) is 20.4 Å². The molecule has 1 saturated heterocycles. The van der Waals surface area contributed by atoms with Gasteiger partial charge < -0.3 is 10.6 Å². The third-order valence-corrected chi connectivity index (χ3v) is 5.60. The fraction of sp³-hybridized carbons (Fsp3) is 0.500. The third-order valence-electron chi connectivity index (χ3n) is 3.61. The van der Waals surface area contributed by atoms with E-state index in [1.165, 1.54) is 0 Å². The molecule has 1 unspecified atom stereocenters. The van der Waals surface area contributed by atoms with E-state index in [2.05, 4.69) is 15.9 Å². The second-order valence-corrected chi connectivity index (χ2v) is 8.26. The second kappa shape index (κ2) is 8.29. The van der Waals surface area contributed by atoms with E-state index in [-0.39, 0.29) is 30.1 Å². The normalized spacial score (nSPS) is 18.1. The average Bonchev–Trinajstić information content (AvgIpc) is 2.89. The number of nitrogens with zero attached hydrogens (tertiary/aromatic N) is 1. The number of benzene rings is 1. The molecule has 1 aromatic rings. The van der Waals surface area contributed by atoms with Crippen molar-refractivity contribution in [2.24, 2.45) is 5.73 Å². The highest BCUT2D eigenvalue weighted by Gasteiger charge is 2.30. The van der Waals surface area contributed by atoms with Crippen molar-refractivity contribution >= 4 is 44.1 Å². The Labute approximate surface area is 145 Å². The highest BCUT2D eigenvalue weighted by atomic mass is 79.9. The average molecular weight is 412 g/mol. The van der Waals surface area contributed by atoms with Gasteiger partial charge in [-0.25, -0.2) is 8.42 Å². The SMILES string of the molecule is Cl.NCC1CCCN1C(=O)CS(=O)(=O)Cc1ccc(Br)cc1. The van der Waals surface area contributed by atoms with Gasteiger partial charge in [-0.05, 0) is 30.5 Å². The molecule has 2 rings (SSSR count). The van der Waals surface area contributed by atoms with Crippen LogP contribution in [0.3, 0.4) is 0 Å². The van der Waals surface area contributed by atoms with E-state index >= 15 is 0 Å². The fourth-order valence-corrected chi connectivity index (χ4v) is 4.17. The molecule has 1 aliphatic rings. The lowest BCUT2D eigenvalue weighted by atomic mass is 10.2. The molecule has 1 heterocycles. The molecule has 0 aliphatic carbocycles. The van der Waals surface area contributed by atoms with Crippen LogP contribution >= 0.6 is 28.3 Å². The Bertz CT molecular complexity index is 607. The molecule has 22 heavy (non-hydrogen) atoms. The number of likely N-dealkylation sites (tertiary alicyclic amines) is 1. The van der Waals surface area contributed by atoms with Gasteiger partial charge in [-0.1, -0.05) is 28.1 Å². The molecule has 0 saturated carbocycles. The van der Waals surface area contributed by atoms with Gasteiger partial charge >= 0.3 is 0 Å². The molecule has 1 aliphatic heterocycles. The summed E-state index contributed by atoms with van der Waals surface area (Å²) in [6, 6.07) is 7.05. The van der Waals surface area contributed by atoms with Crippen LogP contribution in [0.25, 0.3) is 0 Å². The van der Waals surface area contributed by atoms with Crippen molar-refractivity contribution in [2.75, 3.05) is 18.8 Å². The number of carbonyl (C=O) groups excluding carboxylic acids is 1. The first-order valence-corrected chi connectivity index (χ1v) is 9.47. The van der Waals surface area contributed by atoms with Crippen LogP contribution in [0.5, 0.6) is 0 Å². The minimum atomic E-state index is -3.46. The number of amides is 1. The van der Waals surface area contributed by atoms with Crippen molar-refractivity contribution in [2.45, 2.75) is 24.6 Å². The molecular weight excluding hydrogens is 392 g/mol. The highest BCUT2D eigenvalue weighted by Crippen LogP contribution is 2.18. The van der Waals surface area contributed by atoms with Gasteiger partial charge in [0, 0.05) is 23.6 Å². The predicted octanol–water partition coefficient (Wildman–Crippen LogP) is 1.74. The molecule has 1 fully saturated rings. The highest BCUT2D eigenvalue weighted by molar-refractivity contribution is 9.10. The molecule has 1 atom stereocenters. The maximum absolute atomic E-state index is 12.2. The fourth-order valence-electron chi connectivity index (χ4n) is 2.57. The minimum absolute atomic E-state index is 0. The third kappa shape index (κ3) is 5.22. The number of nitrogens with two attached hydrogens (primary N) is 1. The summed E-state index contributed by atoms with van der Waals surface area (Å²) >= 11 is 3.30. The van der Waals surface area contributed by atoms with Gasteiger partial charge in [-0.2, -0.15) is 0 Å². The van der Waals surface area contributed by atoms with Crippen molar-refractivity contribution in [1.82, 2.24) is 4.90 Å².